The summed E-state index contributed by atoms with van der Waals surface area (Å²) in [6, 6.07) is 4.32. The molecule has 1 fully saturated rings. The monoisotopic (exact) mass is 261 g/mol. The van der Waals surface area contributed by atoms with Gasteiger partial charge in [0.1, 0.15) is 11.5 Å². The number of nitrogens with one attached hydrogen (secondary N) is 1. The molecule has 0 bridgehead atoms. The molecule has 2 heterocycles. The maximum absolute atomic E-state index is 12.1. The Morgan fingerprint density at radius 3 is 2.84 bits per heavy atom. The third-order valence-corrected chi connectivity index (χ3v) is 3.41. The van der Waals surface area contributed by atoms with Crippen molar-refractivity contribution in [1.29, 1.82) is 0 Å². The van der Waals surface area contributed by atoms with E-state index in [2.05, 4.69) is 12.2 Å². The molecule has 1 aliphatic rings. The van der Waals surface area contributed by atoms with E-state index >= 15 is 0 Å². The summed E-state index contributed by atoms with van der Waals surface area (Å²) < 4.78 is 9.22. The van der Waals surface area contributed by atoms with Crippen molar-refractivity contribution in [1.82, 2.24) is 14.5 Å². The maximum Gasteiger partial charge on any atom is 0.328 e. The molecule has 1 aliphatic carbocycles. The van der Waals surface area contributed by atoms with Crippen molar-refractivity contribution in [3.8, 4) is 0 Å². The van der Waals surface area contributed by atoms with Crippen LogP contribution in [-0.2, 0) is 13.1 Å². The molecule has 0 amide bonds. The highest BCUT2D eigenvalue weighted by molar-refractivity contribution is 5.08. The van der Waals surface area contributed by atoms with Gasteiger partial charge in [-0.05, 0) is 31.5 Å². The van der Waals surface area contributed by atoms with Crippen LogP contribution in [0.3, 0.4) is 0 Å². The minimum atomic E-state index is 0.0622. The highest BCUT2D eigenvalue weighted by Gasteiger charge is 2.25. The van der Waals surface area contributed by atoms with Gasteiger partial charge in [0.25, 0.3) is 0 Å². The first-order valence-electron chi connectivity index (χ1n) is 6.83. The molecule has 0 saturated heterocycles. The molecule has 19 heavy (non-hydrogen) atoms. The second kappa shape index (κ2) is 5.09. The average Bonchev–Trinajstić information content (AvgIpc) is 3.05. The normalized spacial score (nSPS) is 15.0. The van der Waals surface area contributed by atoms with Gasteiger partial charge in [-0.15, -0.1) is 0 Å². The highest BCUT2D eigenvalue weighted by Crippen LogP contribution is 2.33. The molecular weight excluding hydrogens is 242 g/mol. The third kappa shape index (κ3) is 2.66. The number of aromatic nitrogens is 2. The molecule has 5 nitrogen and oxygen atoms in total. The first-order chi connectivity index (χ1) is 9.28. The van der Waals surface area contributed by atoms with Crippen molar-refractivity contribution in [2.75, 3.05) is 6.54 Å². The number of hydrogen-bond acceptors (Lipinski definition) is 3. The molecule has 1 saturated carbocycles. The summed E-state index contributed by atoms with van der Waals surface area (Å²) in [5.41, 5.74) is 0.0622. The fourth-order valence-corrected chi connectivity index (χ4v) is 2.20. The lowest BCUT2D eigenvalue weighted by atomic mass is 10.4. The Morgan fingerprint density at radius 2 is 2.11 bits per heavy atom. The van der Waals surface area contributed by atoms with Gasteiger partial charge < -0.3 is 9.73 Å². The molecule has 0 atom stereocenters. The second-order valence-electron chi connectivity index (χ2n) is 5.00. The topological polar surface area (TPSA) is 52.1 Å². The Labute approximate surface area is 111 Å². The summed E-state index contributed by atoms with van der Waals surface area (Å²) in [5.74, 6) is 1.73. The average molecular weight is 261 g/mol. The number of rotatable bonds is 6. The summed E-state index contributed by atoms with van der Waals surface area (Å²) >= 11 is 0. The number of furan rings is 1. The molecule has 1 N–H and O–H groups in total. The minimum Gasteiger partial charge on any atom is -0.463 e. The Balaban J connectivity index is 1.70. The van der Waals surface area contributed by atoms with E-state index in [-0.39, 0.29) is 5.69 Å². The molecule has 0 aliphatic heterocycles. The molecule has 2 aromatic heterocycles. The summed E-state index contributed by atoms with van der Waals surface area (Å²) in [7, 11) is 0. The number of imidazole rings is 1. The molecule has 3 rings (SSSR count). The molecule has 0 radical (unpaired) electrons. The first kappa shape index (κ1) is 12.3. The zero-order valence-corrected chi connectivity index (χ0v) is 11.1. The third-order valence-electron chi connectivity index (χ3n) is 3.41. The van der Waals surface area contributed by atoms with E-state index < -0.39 is 0 Å². The van der Waals surface area contributed by atoms with E-state index in [1.54, 1.807) is 4.57 Å². The van der Waals surface area contributed by atoms with Gasteiger partial charge in [-0.3, -0.25) is 9.13 Å². The predicted octanol–water partition coefficient (Wildman–Crippen LogP) is 1.74. The minimum absolute atomic E-state index is 0.0622. The van der Waals surface area contributed by atoms with Crippen LogP contribution in [0, 0.1) is 0 Å². The van der Waals surface area contributed by atoms with Crippen LogP contribution >= 0.6 is 0 Å². The van der Waals surface area contributed by atoms with Crippen molar-refractivity contribution in [2.45, 2.75) is 38.9 Å². The van der Waals surface area contributed by atoms with Gasteiger partial charge in [-0.25, -0.2) is 4.79 Å². The quantitative estimate of drug-likeness (QED) is 0.861. The van der Waals surface area contributed by atoms with Crippen LogP contribution in [0.4, 0.5) is 0 Å². The highest BCUT2D eigenvalue weighted by atomic mass is 16.3. The van der Waals surface area contributed by atoms with Crippen LogP contribution in [0.15, 0.2) is 33.7 Å². The van der Waals surface area contributed by atoms with Crippen molar-refractivity contribution in [3.63, 3.8) is 0 Å². The molecule has 0 aromatic carbocycles. The van der Waals surface area contributed by atoms with E-state index in [0.29, 0.717) is 12.6 Å². The Morgan fingerprint density at radius 1 is 1.32 bits per heavy atom. The Hall–Kier alpha value is -1.75. The van der Waals surface area contributed by atoms with Gasteiger partial charge in [0.15, 0.2) is 0 Å². The predicted molar refractivity (Wildman–Crippen MR) is 72.2 cm³/mol. The first-order valence-corrected chi connectivity index (χ1v) is 6.83. The van der Waals surface area contributed by atoms with Gasteiger partial charge in [0.05, 0.1) is 13.1 Å². The summed E-state index contributed by atoms with van der Waals surface area (Å²) in [5, 5.41) is 3.21. The van der Waals surface area contributed by atoms with E-state index in [1.165, 1.54) is 0 Å². The molecule has 102 valence electrons. The molecular formula is C14H19N3O2. The lowest BCUT2D eigenvalue weighted by molar-refractivity contribution is 0.437. The molecule has 2 aromatic rings. The maximum atomic E-state index is 12.1. The van der Waals surface area contributed by atoms with Gasteiger partial charge in [-0.2, -0.15) is 0 Å². The van der Waals surface area contributed by atoms with E-state index in [4.69, 9.17) is 4.42 Å². The second-order valence-corrected chi connectivity index (χ2v) is 5.00. The lowest BCUT2D eigenvalue weighted by Gasteiger charge is -2.00. The van der Waals surface area contributed by atoms with Crippen LogP contribution in [0.25, 0.3) is 0 Å². The van der Waals surface area contributed by atoms with Gasteiger partial charge in [-0.1, -0.05) is 6.92 Å². The Bertz CT molecular complexity index is 604. The van der Waals surface area contributed by atoms with Crippen molar-refractivity contribution in [2.24, 2.45) is 0 Å². The number of hydrogen-bond donors (Lipinski definition) is 1. The largest absolute Gasteiger partial charge is 0.463 e. The molecule has 0 unspecified atom stereocenters. The molecule has 5 heteroatoms. The van der Waals surface area contributed by atoms with Crippen LogP contribution < -0.4 is 11.0 Å². The van der Waals surface area contributed by atoms with Gasteiger partial charge in [0, 0.05) is 18.4 Å². The smallest absolute Gasteiger partial charge is 0.328 e. The zero-order valence-electron chi connectivity index (χ0n) is 11.1. The fraction of sp³-hybridized carbons (Fsp3) is 0.500. The van der Waals surface area contributed by atoms with Gasteiger partial charge >= 0.3 is 5.69 Å². The van der Waals surface area contributed by atoms with E-state index in [1.807, 2.05) is 29.1 Å². The summed E-state index contributed by atoms with van der Waals surface area (Å²) in [6.07, 6.45) is 5.96. The Kier molecular flexibility index (Phi) is 3.29. The standard InChI is InChI=1S/C14H19N3O2/c1-2-15-9-12-5-6-13(19-12)10-16-7-8-17(14(16)18)11-3-4-11/h5-8,11,15H,2-4,9-10H2,1H3. The summed E-state index contributed by atoms with van der Waals surface area (Å²) in [6.45, 7) is 4.21. The SMILES string of the molecule is CCNCc1ccc(Cn2ccn(C3CC3)c2=O)o1. The number of nitrogens with zero attached hydrogens (tertiary/aromatic N) is 2. The van der Waals surface area contributed by atoms with Crippen LogP contribution in [0.1, 0.15) is 37.3 Å². The summed E-state index contributed by atoms with van der Waals surface area (Å²) in [4.78, 5) is 12.1. The van der Waals surface area contributed by atoms with Crippen LogP contribution in [0.5, 0.6) is 0 Å². The van der Waals surface area contributed by atoms with Crippen LogP contribution in [0.2, 0.25) is 0 Å². The van der Waals surface area contributed by atoms with Gasteiger partial charge in [0.2, 0.25) is 0 Å². The van der Waals surface area contributed by atoms with E-state index in [0.717, 1.165) is 37.5 Å². The van der Waals surface area contributed by atoms with E-state index in [9.17, 15) is 4.79 Å². The van der Waals surface area contributed by atoms with Crippen molar-refractivity contribution in [3.05, 3.63) is 46.5 Å². The van der Waals surface area contributed by atoms with Crippen LogP contribution in [-0.4, -0.2) is 15.7 Å². The zero-order chi connectivity index (χ0) is 13.2. The molecule has 0 spiro atoms. The fourth-order valence-electron chi connectivity index (χ4n) is 2.20. The van der Waals surface area contributed by atoms with Crippen molar-refractivity contribution < 1.29 is 4.42 Å². The lowest BCUT2D eigenvalue weighted by Crippen LogP contribution is -2.23. The van der Waals surface area contributed by atoms with Crippen molar-refractivity contribution >= 4 is 0 Å².